The summed E-state index contributed by atoms with van der Waals surface area (Å²) in [5.41, 5.74) is 2.67. The monoisotopic (exact) mass is 335 g/mol. The summed E-state index contributed by atoms with van der Waals surface area (Å²) in [7, 11) is 0. The van der Waals surface area contributed by atoms with Crippen LogP contribution in [0.5, 0.6) is 0 Å². The molecule has 0 bridgehead atoms. The summed E-state index contributed by atoms with van der Waals surface area (Å²) in [5, 5.41) is 0. The van der Waals surface area contributed by atoms with Crippen molar-refractivity contribution >= 4 is 5.69 Å². The third-order valence-electron chi connectivity index (χ3n) is 3.99. The Morgan fingerprint density at radius 2 is 0.920 bits per heavy atom. The first-order chi connectivity index (χ1) is 12.3. The maximum Gasteiger partial charge on any atom is 0.178 e. The Labute approximate surface area is 147 Å². The van der Waals surface area contributed by atoms with Crippen molar-refractivity contribution in [3.05, 3.63) is 102 Å². The van der Waals surface area contributed by atoms with Crippen LogP contribution in [0.3, 0.4) is 0 Å². The molecule has 0 heterocycles. The fourth-order valence-corrected chi connectivity index (χ4v) is 2.84. The van der Waals surface area contributed by atoms with Crippen molar-refractivity contribution in [2.75, 3.05) is 4.90 Å². The zero-order valence-electron chi connectivity index (χ0n) is 13.7. The minimum absolute atomic E-state index is 0.572. The number of para-hydroxylation sites is 1. The van der Waals surface area contributed by atoms with Crippen molar-refractivity contribution in [2.24, 2.45) is 11.8 Å². The molecule has 5 heteroatoms. The lowest BCUT2D eigenvalue weighted by atomic mass is 10.1. The molecule has 0 aromatic heterocycles. The lowest BCUT2D eigenvalue weighted by molar-refractivity contribution is -0.0189. The van der Waals surface area contributed by atoms with Crippen LogP contribution in [-0.2, 0) is 9.68 Å². The lowest BCUT2D eigenvalue weighted by Crippen LogP contribution is -2.38. The fraction of sp³-hybridized carbons (Fsp3) is 0.100. The molecule has 2 atom stereocenters. The summed E-state index contributed by atoms with van der Waals surface area (Å²) in [5.74, 6) is 11.4. The largest absolute Gasteiger partial charge is 0.309 e. The van der Waals surface area contributed by atoms with Crippen LogP contribution < -0.4 is 16.7 Å². The van der Waals surface area contributed by atoms with E-state index in [0.717, 1.165) is 16.8 Å². The molecule has 0 aliphatic carbocycles. The van der Waals surface area contributed by atoms with Gasteiger partial charge in [0.05, 0.1) is 0 Å². The van der Waals surface area contributed by atoms with Gasteiger partial charge in [-0.05, 0) is 12.1 Å². The Morgan fingerprint density at radius 1 is 0.560 bits per heavy atom. The van der Waals surface area contributed by atoms with Crippen LogP contribution in [0.4, 0.5) is 5.69 Å². The molecule has 0 aliphatic heterocycles. The molecule has 3 rings (SSSR count). The Morgan fingerprint density at radius 3 is 1.28 bits per heavy atom. The van der Waals surface area contributed by atoms with E-state index < -0.39 is 12.5 Å². The number of nitrogens with zero attached hydrogens (tertiary/aromatic N) is 1. The maximum atomic E-state index is 5.68. The number of anilines is 1. The van der Waals surface area contributed by atoms with Gasteiger partial charge in [0, 0.05) is 16.8 Å². The third-order valence-corrected chi connectivity index (χ3v) is 3.99. The Kier molecular flexibility index (Phi) is 5.77. The molecule has 0 amide bonds. The minimum atomic E-state index is -0.572. The Balaban J connectivity index is 2.09. The van der Waals surface area contributed by atoms with E-state index in [1.165, 1.54) is 0 Å². The van der Waals surface area contributed by atoms with Gasteiger partial charge in [-0.25, -0.2) is 11.8 Å². The summed E-state index contributed by atoms with van der Waals surface area (Å²) in [4.78, 5) is 12.6. The first-order valence-electron chi connectivity index (χ1n) is 7.99. The molecular weight excluding hydrogens is 314 g/mol. The van der Waals surface area contributed by atoms with E-state index in [1.807, 2.05) is 95.9 Å². The van der Waals surface area contributed by atoms with Gasteiger partial charge in [-0.15, -0.1) is 0 Å². The van der Waals surface area contributed by atoms with Crippen LogP contribution in [0.2, 0.25) is 0 Å². The summed E-state index contributed by atoms with van der Waals surface area (Å²) < 4.78 is 0. The molecule has 0 saturated carbocycles. The number of rotatable bonds is 7. The van der Waals surface area contributed by atoms with E-state index in [2.05, 4.69) is 0 Å². The number of hydrogen-bond acceptors (Lipinski definition) is 5. The van der Waals surface area contributed by atoms with E-state index in [4.69, 9.17) is 21.5 Å². The molecule has 0 fully saturated rings. The summed E-state index contributed by atoms with van der Waals surface area (Å²) in [6.07, 6.45) is -1.14. The van der Waals surface area contributed by atoms with Gasteiger partial charge in [0.25, 0.3) is 0 Å². The fourth-order valence-electron chi connectivity index (χ4n) is 2.84. The first-order valence-corrected chi connectivity index (χ1v) is 7.99. The highest BCUT2D eigenvalue weighted by Crippen LogP contribution is 2.35. The van der Waals surface area contributed by atoms with Crippen molar-refractivity contribution in [3.8, 4) is 0 Å². The molecule has 3 aromatic carbocycles. The lowest BCUT2D eigenvalue weighted by Gasteiger charge is -2.37. The minimum Gasteiger partial charge on any atom is -0.309 e. The molecular formula is C20H21N3O2. The Bertz CT molecular complexity index is 706. The highest BCUT2D eigenvalue weighted by Gasteiger charge is 2.30. The van der Waals surface area contributed by atoms with Crippen molar-refractivity contribution in [1.29, 1.82) is 0 Å². The number of benzene rings is 3. The molecule has 2 unspecified atom stereocenters. The number of nitrogens with two attached hydrogens (primary N) is 2. The average molecular weight is 335 g/mol. The van der Waals surface area contributed by atoms with Crippen LogP contribution >= 0.6 is 0 Å². The van der Waals surface area contributed by atoms with E-state index in [0.29, 0.717) is 0 Å². The van der Waals surface area contributed by atoms with Crippen molar-refractivity contribution < 1.29 is 9.68 Å². The van der Waals surface area contributed by atoms with Crippen molar-refractivity contribution in [1.82, 2.24) is 0 Å². The Hall–Kier alpha value is -2.70. The van der Waals surface area contributed by atoms with Crippen LogP contribution in [0.25, 0.3) is 0 Å². The first kappa shape index (κ1) is 17.1. The van der Waals surface area contributed by atoms with E-state index in [9.17, 15) is 0 Å². The highest BCUT2D eigenvalue weighted by atomic mass is 16.7. The molecule has 0 spiro atoms. The van der Waals surface area contributed by atoms with Gasteiger partial charge in [0.2, 0.25) is 0 Å². The van der Waals surface area contributed by atoms with Gasteiger partial charge in [0.1, 0.15) is 0 Å². The van der Waals surface area contributed by atoms with Gasteiger partial charge in [0.15, 0.2) is 12.5 Å². The topological polar surface area (TPSA) is 73.7 Å². The molecule has 4 N–H and O–H groups in total. The zero-order chi connectivity index (χ0) is 17.5. The van der Waals surface area contributed by atoms with Gasteiger partial charge < -0.3 is 4.90 Å². The SMILES string of the molecule is NOC(c1ccccc1)N(c1ccccc1)C(ON)c1ccccc1. The van der Waals surface area contributed by atoms with Crippen LogP contribution in [0.1, 0.15) is 23.6 Å². The molecule has 25 heavy (non-hydrogen) atoms. The van der Waals surface area contributed by atoms with E-state index in [-0.39, 0.29) is 0 Å². The highest BCUT2D eigenvalue weighted by molar-refractivity contribution is 5.50. The van der Waals surface area contributed by atoms with Crippen LogP contribution in [0.15, 0.2) is 91.0 Å². The smallest absolute Gasteiger partial charge is 0.178 e. The molecule has 3 aromatic rings. The van der Waals surface area contributed by atoms with Crippen LogP contribution in [-0.4, -0.2) is 0 Å². The number of hydrogen-bond donors (Lipinski definition) is 2. The molecule has 128 valence electrons. The van der Waals surface area contributed by atoms with Crippen molar-refractivity contribution in [2.45, 2.75) is 12.5 Å². The van der Waals surface area contributed by atoms with Gasteiger partial charge in [-0.3, -0.25) is 9.68 Å². The predicted molar refractivity (Wildman–Crippen MR) is 97.8 cm³/mol. The normalized spacial score (nSPS) is 13.2. The van der Waals surface area contributed by atoms with Crippen molar-refractivity contribution in [3.63, 3.8) is 0 Å². The summed E-state index contributed by atoms with van der Waals surface area (Å²) >= 11 is 0. The second kappa shape index (κ2) is 8.41. The standard InChI is InChI=1S/C20H21N3O2/c21-24-19(16-10-4-1-5-11-16)23(18-14-8-3-9-15-18)20(25-22)17-12-6-2-7-13-17/h1-15,19-20H,21-22H2. The summed E-state index contributed by atoms with van der Waals surface area (Å²) in [6.45, 7) is 0. The van der Waals surface area contributed by atoms with Crippen LogP contribution in [0, 0.1) is 0 Å². The molecule has 0 saturated heterocycles. The molecule has 5 nitrogen and oxygen atoms in total. The van der Waals surface area contributed by atoms with E-state index >= 15 is 0 Å². The quantitative estimate of drug-likeness (QED) is 0.509. The average Bonchev–Trinajstić information content (AvgIpc) is 2.70. The van der Waals surface area contributed by atoms with E-state index in [1.54, 1.807) is 0 Å². The molecule has 0 radical (unpaired) electrons. The second-order valence-electron chi connectivity index (χ2n) is 5.54. The summed E-state index contributed by atoms with van der Waals surface area (Å²) in [6, 6.07) is 29.2. The second-order valence-corrected chi connectivity index (χ2v) is 5.54. The molecule has 0 aliphatic rings. The van der Waals surface area contributed by atoms with Gasteiger partial charge >= 0.3 is 0 Å². The predicted octanol–water partition coefficient (Wildman–Crippen LogP) is 3.67. The van der Waals surface area contributed by atoms with Gasteiger partial charge in [-0.1, -0.05) is 78.9 Å². The zero-order valence-corrected chi connectivity index (χ0v) is 13.7. The van der Waals surface area contributed by atoms with Gasteiger partial charge in [-0.2, -0.15) is 0 Å². The third kappa shape index (κ3) is 3.87. The maximum absolute atomic E-state index is 5.68.